The zero-order valence-electron chi connectivity index (χ0n) is 11.9. The van der Waals surface area contributed by atoms with E-state index in [1.165, 1.54) is 0 Å². The molecule has 1 saturated heterocycles. The van der Waals surface area contributed by atoms with Crippen LogP contribution in [0.3, 0.4) is 0 Å². The van der Waals surface area contributed by atoms with Crippen LogP contribution in [0.15, 0.2) is 18.2 Å². The molecule has 0 aliphatic carbocycles. The number of alkyl halides is 1. The number of ether oxygens (including phenoxy) is 2. The first-order valence-electron chi connectivity index (χ1n) is 7.21. The topological polar surface area (TPSA) is 42.0 Å². The second-order valence-corrected chi connectivity index (χ2v) is 5.28. The Balaban J connectivity index is 1.55. The van der Waals surface area contributed by atoms with Gasteiger partial charge in [0.1, 0.15) is 6.67 Å². The lowest BCUT2D eigenvalue weighted by atomic mass is 10.1. The Morgan fingerprint density at radius 1 is 1.14 bits per heavy atom. The number of amides is 1. The van der Waals surface area contributed by atoms with Crippen LogP contribution in [0.1, 0.15) is 5.56 Å². The number of carbonyl (C=O) groups excluding carboxylic acids is 1. The van der Waals surface area contributed by atoms with Gasteiger partial charge in [-0.1, -0.05) is 6.07 Å². The van der Waals surface area contributed by atoms with Gasteiger partial charge in [0.05, 0.1) is 6.42 Å². The van der Waals surface area contributed by atoms with Gasteiger partial charge in [0.15, 0.2) is 11.5 Å². The first-order valence-corrected chi connectivity index (χ1v) is 7.21. The van der Waals surface area contributed by atoms with Crippen molar-refractivity contribution in [3.8, 4) is 11.5 Å². The van der Waals surface area contributed by atoms with E-state index >= 15 is 0 Å². The number of carbonyl (C=O) groups is 1. The summed E-state index contributed by atoms with van der Waals surface area (Å²) in [5.41, 5.74) is 0.926. The van der Waals surface area contributed by atoms with Crippen molar-refractivity contribution in [3.63, 3.8) is 0 Å². The third-order valence-electron chi connectivity index (χ3n) is 3.92. The molecular weight excluding hydrogens is 275 g/mol. The van der Waals surface area contributed by atoms with E-state index in [4.69, 9.17) is 9.47 Å². The van der Waals surface area contributed by atoms with E-state index in [-0.39, 0.29) is 19.4 Å². The first kappa shape index (κ1) is 14.1. The van der Waals surface area contributed by atoms with Crippen molar-refractivity contribution in [2.24, 2.45) is 0 Å². The average molecular weight is 294 g/mol. The highest BCUT2D eigenvalue weighted by Gasteiger charge is 2.21. The Bertz CT molecular complexity index is 516. The van der Waals surface area contributed by atoms with E-state index in [9.17, 15) is 9.18 Å². The first-order chi connectivity index (χ1) is 10.3. The van der Waals surface area contributed by atoms with Crippen LogP contribution in [0.4, 0.5) is 4.39 Å². The van der Waals surface area contributed by atoms with E-state index in [0.717, 1.165) is 24.4 Å². The third-order valence-corrected chi connectivity index (χ3v) is 3.92. The van der Waals surface area contributed by atoms with Gasteiger partial charge in [-0.2, -0.15) is 0 Å². The number of hydrogen-bond acceptors (Lipinski definition) is 4. The summed E-state index contributed by atoms with van der Waals surface area (Å²) in [6, 6.07) is 5.59. The van der Waals surface area contributed by atoms with Crippen LogP contribution >= 0.6 is 0 Å². The van der Waals surface area contributed by atoms with Gasteiger partial charge in [0, 0.05) is 32.7 Å². The summed E-state index contributed by atoms with van der Waals surface area (Å²) in [6.07, 6.45) is 0.361. The highest BCUT2D eigenvalue weighted by Crippen LogP contribution is 2.32. The SMILES string of the molecule is O=C(Cc1ccc2c(c1)OCO2)N1CCN(CCF)CC1. The number of nitrogens with zero attached hydrogens (tertiary/aromatic N) is 2. The summed E-state index contributed by atoms with van der Waals surface area (Å²) in [5, 5.41) is 0. The summed E-state index contributed by atoms with van der Waals surface area (Å²) in [5.74, 6) is 1.54. The molecule has 1 amide bonds. The van der Waals surface area contributed by atoms with E-state index in [0.29, 0.717) is 31.8 Å². The van der Waals surface area contributed by atoms with E-state index in [2.05, 4.69) is 0 Å². The maximum atomic E-state index is 12.3. The molecule has 1 aromatic rings. The number of piperazine rings is 1. The summed E-state index contributed by atoms with van der Waals surface area (Å²) in [7, 11) is 0. The van der Waals surface area contributed by atoms with Crippen LogP contribution in [-0.4, -0.2) is 61.9 Å². The standard InChI is InChI=1S/C15H19FN2O3/c16-3-4-17-5-7-18(8-6-17)15(19)10-12-1-2-13-14(9-12)21-11-20-13/h1-2,9H,3-8,10-11H2. The quantitative estimate of drug-likeness (QED) is 0.833. The second kappa shape index (κ2) is 6.30. The van der Waals surface area contributed by atoms with Crippen molar-refractivity contribution in [1.29, 1.82) is 0 Å². The molecule has 6 heteroatoms. The highest BCUT2D eigenvalue weighted by atomic mass is 19.1. The summed E-state index contributed by atoms with van der Waals surface area (Å²) in [4.78, 5) is 16.2. The van der Waals surface area contributed by atoms with Crippen molar-refractivity contribution < 1.29 is 18.7 Å². The van der Waals surface area contributed by atoms with Gasteiger partial charge in [-0.25, -0.2) is 4.39 Å². The van der Waals surface area contributed by atoms with Gasteiger partial charge in [-0.15, -0.1) is 0 Å². The fourth-order valence-corrected chi connectivity index (χ4v) is 2.68. The molecule has 114 valence electrons. The molecule has 1 aromatic carbocycles. The smallest absolute Gasteiger partial charge is 0.231 e. The molecule has 0 atom stereocenters. The third kappa shape index (κ3) is 3.26. The molecule has 2 heterocycles. The lowest BCUT2D eigenvalue weighted by molar-refractivity contribution is -0.132. The van der Waals surface area contributed by atoms with Crippen LogP contribution in [0.2, 0.25) is 0 Å². The van der Waals surface area contributed by atoms with Gasteiger partial charge in [0.2, 0.25) is 12.7 Å². The molecule has 0 saturated carbocycles. The van der Waals surface area contributed by atoms with E-state index < -0.39 is 0 Å². The number of hydrogen-bond donors (Lipinski definition) is 0. The lowest BCUT2D eigenvalue weighted by Gasteiger charge is -2.34. The molecular formula is C15H19FN2O3. The lowest BCUT2D eigenvalue weighted by Crippen LogP contribution is -2.49. The number of fused-ring (bicyclic) bond motifs is 1. The molecule has 0 N–H and O–H groups in total. The summed E-state index contributed by atoms with van der Waals surface area (Å²) >= 11 is 0. The van der Waals surface area contributed by atoms with Crippen LogP contribution in [-0.2, 0) is 11.2 Å². The van der Waals surface area contributed by atoms with Gasteiger partial charge in [-0.05, 0) is 17.7 Å². The molecule has 2 aliphatic rings. The Labute approximate surface area is 123 Å². The maximum Gasteiger partial charge on any atom is 0.231 e. The summed E-state index contributed by atoms with van der Waals surface area (Å²) < 4.78 is 22.9. The highest BCUT2D eigenvalue weighted by molar-refractivity contribution is 5.79. The van der Waals surface area contributed by atoms with E-state index in [1.54, 1.807) is 0 Å². The van der Waals surface area contributed by atoms with Crippen LogP contribution in [0.25, 0.3) is 0 Å². The normalized spacial score (nSPS) is 18.0. The van der Waals surface area contributed by atoms with Crippen molar-refractivity contribution in [3.05, 3.63) is 23.8 Å². The number of benzene rings is 1. The van der Waals surface area contributed by atoms with Crippen molar-refractivity contribution in [2.45, 2.75) is 6.42 Å². The fourth-order valence-electron chi connectivity index (χ4n) is 2.68. The number of halogens is 1. The average Bonchev–Trinajstić information content (AvgIpc) is 2.96. The van der Waals surface area contributed by atoms with Crippen molar-refractivity contribution in [2.75, 3.05) is 46.2 Å². The van der Waals surface area contributed by atoms with Crippen LogP contribution < -0.4 is 9.47 Å². The Morgan fingerprint density at radius 3 is 2.67 bits per heavy atom. The Hall–Kier alpha value is -1.82. The van der Waals surface area contributed by atoms with Gasteiger partial charge in [-0.3, -0.25) is 9.69 Å². The fraction of sp³-hybridized carbons (Fsp3) is 0.533. The Morgan fingerprint density at radius 2 is 1.90 bits per heavy atom. The van der Waals surface area contributed by atoms with Crippen molar-refractivity contribution in [1.82, 2.24) is 9.80 Å². The molecule has 5 nitrogen and oxygen atoms in total. The second-order valence-electron chi connectivity index (χ2n) is 5.28. The van der Waals surface area contributed by atoms with Gasteiger partial charge >= 0.3 is 0 Å². The van der Waals surface area contributed by atoms with Gasteiger partial charge < -0.3 is 14.4 Å². The molecule has 0 unspecified atom stereocenters. The molecule has 0 bridgehead atoms. The number of rotatable bonds is 4. The predicted molar refractivity (Wildman–Crippen MR) is 75.3 cm³/mol. The maximum absolute atomic E-state index is 12.3. The largest absolute Gasteiger partial charge is 0.454 e. The molecule has 2 aliphatic heterocycles. The molecule has 1 fully saturated rings. The minimum absolute atomic E-state index is 0.105. The Kier molecular flexibility index (Phi) is 4.24. The summed E-state index contributed by atoms with van der Waals surface area (Å²) in [6.45, 7) is 3.21. The van der Waals surface area contributed by atoms with Gasteiger partial charge in [0.25, 0.3) is 0 Å². The molecule has 0 spiro atoms. The molecule has 21 heavy (non-hydrogen) atoms. The van der Waals surface area contributed by atoms with Crippen molar-refractivity contribution >= 4 is 5.91 Å². The molecule has 3 rings (SSSR count). The monoisotopic (exact) mass is 294 g/mol. The van der Waals surface area contributed by atoms with Crippen LogP contribution in [0.5, 0.6) is 11.5 Å². The zero-order valence-corrected chi connectivity index (χ0v) is 11.9. The van der Waals surface area contributed by atoms with E-state index in [1.807, 2.05) is 28.0 Å². The molecule has 0 radical (unpaired) electrons. The minimum Gasteiger partial charge on any atom is -0.454 e. The zero-order chi connectivity index (χ0) is 14.7. The minimum atomic E-state index is -0.328. The molecule has 0 aromatic heterocycles. The predicted octanol–water partition coefficient (Wildman–Crippen LogP) is 1.07. The van der Waals surface area contributed by atoms with Crippen LogP contribution in [0, 0.1) is 0 Å².